The van der Waals surface area contributed by atoms with Gasteiger partial charge in [-0.25, -0.2) is 9.18 Å². The summed E-state index contributed by atoms with van der Waals surface area (Å²) in [4.78, 5) is 27.8. The Balaban J connectivity index is 1.62. The molecule has 2 atom stereocenters. The molecular formula is C34H36ClFN8O2. The molecule has 12 heteroatoms. The van der Waals surface area contributed by atoms with Crippen molar-refractivity contribution in [1.29, 1.82) is 0 Å². The second-order valence-corrected chi connectivity index (χ2v) is 12.8. The number of H-pyrrole nitrogens is 1. The molecule has 2 unspecified atom stereocenters. The number of nitrogens with one attached hydrogen (secondary N) is 2. The number of benzene rings is 2. The van der Waals surface area contributed by atoms with Crippen LogP contribution in [0.1, 0.15) is 43.0 Å². The highest BCUT2D eigenvalue weighted by molar-refractivity contribution is 6.39. The number of rotatable bonds is 5. The van der Waals surface area contributed by atoms with Gasteiger partial charge in [0.15, 0.2) is 5.82 Å². The van der Waals surface area contributed by atoms with E-state index in [4.69, 9.17) is 16.6 Å². The molecule has 1 fully saturated rings. The lowest BCUT2D eigenvalue weighted by molar-refractivity contribution is 0.0274. The molecule has 0 radical (unpaired) electrons. The van der Waals surface area contributed by atoms with E-state index in [0.717, 1.165) is 22.0 Å². The number of halogens is 2. The predicted octanol–water partition coefficient (Wildman–Crippen LogP) is 5.67. The van der Waals surface area contributed by atoms with Crippen molar-refractivity contribution in [2.75, 3.05) is 36.4 Å². The molecule has 2 aliphatic rings. The van der Waals surface area contributed by atoms with E-state index in [1.165, 1.54) is 10.6 Å². The fourth-order valence-corrected chi connectivity index (χ4v) is 7.46. The highest BCUT2D eigenvalue weighted by Crippen LogP contribution is 2.48. The molecule has 46 heavy (non-hydrogen) atoms. The SMILES string of the molecule is C=CC(O)N1CCN2c3nc(=O)n(-c4c(C)ccnc4C(C)C)c4c(Cl)c(-c5c(C)ccc6[nH]ncc56)c(F)c(c34)NCCC2C1. The van der Waals surface area contributed by atoms with Crippen molar-refractivity contribution in [2.24, 2.45) is 0 Å². The van der Waals surface area contributed by atoms with Crippen LogP contribution in [0.15, 0.2) is 48.0 Å². The largest absolute Gasteiger partial charge is 0.382 e. The highest BCUT2D eigenvalue weighted by Gasteiger charge is 2.36. The number of aromatic nitrogens is 5. The molecule has 3 N–H and O–H groups in total. The van der Waals surface area contributed by atoms with E-state index < -0.39 is 17.7 Å². The van der Waals surface area contributed by atoms with Crippen LogP contribution in [0.5, 0.6) is 0 Å². The molecule has 1 saturated heterocycles. The molecule has 7 rings (SSSR count). The van der Waals surface area contributed by atoms with Gasteiger partial charge in [0.25, 0.3) is 0 Å². The zero-order chi connectivity index (χ0) is 32.4. The van der Waals surface area contributed by atoms with E-state index in [1.54, 1.807) is 12.4 Å². The van der Waals surface area contributed by atoms with Crippen molar-refractivity contribution >= 4 is 44.9 Å². The van der Waals surface area contributed by atoms with Crippen LogP contribution in [0, 0.1) is 19.7 Å². The van der Waals surface area contributed by atoms with E-state index in [2.05, 4.69) is 32.0 Å². The normalized spacial score (nSPS) is 17.6. The first-order valence-corrected chi connectivity index (χ1v) is 15.9. The van der Waals surface area contributed by atoms with E-state index in [1.807, 2.05) is 50.8 Å². The molecule has 10 nitrogen and oxygen atoms in total. The molecule has 0 bridgehead atoms. The Hall–Kier alpha value is -4.32. The summed E-state index contributed by atoms with van der Waals surface area (Å²) in [6.45, 7) is 13.6. The number of piperazine rings is 1. The zero-order valence-corrected chi connectivity index (χ0v) is 27.0. The highest BCUT2D eigenvalue weighted by atomic mass is 35.5. The Bertz CT molecular complexity index is 2090. The van der Waals surface area contributed by atoms with Crippen LogP contribution in [0.3, 0.4) is 0 Å². The molecule has 2 aromatic carbocycles. The molecule has 2 aliphatic heterocycles. The van der Waals surface area contributed by atoms with Gasteiger partial charge in [-0.1, -0.05) is 38.1 Å². The lowest BCUT2D eigenvalue weighted by atomic mass is 9.93. The smallest absolute Gasteiger partial charge is 0.354 e. The average molecular weight is 643 g/mol. The molecule has 238 valence electrons. The van der Waals surface area contributed by atoms with Crippen molar-refractivity contribution in [2.45, 2.75) is 52.3 Å². The number of aryl methyl sites for hydroxylation is 2. The molecule has 0 spiro atoms. The van der Waals surface area contributed by atoms with Crippen LogP contribution in [0.2, 0.25) is 5.02 Å². The maximum absolute atomic E-state index is 17.3. The summed E-state index contributed by atoms with van der Waals surface area (Å²) in [5.74, 6) is -0.175. The molecule has 5 heterocycles. The van der Waals surface area contributed by atoms with E-state index in [-0.39, 0.29) is 28.2 Å². The van der Waals surface area contributed by atoms with Gasteiger partial charge in [-0.05, 0) is 55.5 Å². The summed E-state index contributed by atoms with van der Waals surface area (Å²) < 4.78 is 18.8. The maximum atomic E-state index is 17.3. The molecule has 0 aliphatic carbocycles. The fraction of sp³-hybridized carbons (Fsp3) is 0.353. The van der Waals surface area contributed by atoms with Gasteiger partial charge in [0.2, 0.25) is 0 Å². The maximum Gasteiger partial charge on any atom is 0.354 e. The lowest BCUT2D eigenvalue weighted by Gasteiger charge is -2.44. The van der Waals surface area contributed by atoms with Crippen LogP contribution in [0.4, 0.5) is 15.9 Å². The number of aliphatic hydroxyl groups is 1. The van der Waals surface area contributed by atoms with Gasteiger partial charge in [-0.3, -0.25) is 19.5 Å². The summed E-state index contributed by atoms with van der Waals surface area (Å²) >= 11 is 7.43. The minimum absolute atomic E-state index is 0.0256. The molecular weight excluding hydrogens is 607 g/mol. The van der Waals surface area contributed by atoms with Crippen molar-refractivity contribution in [1.82, 2.24) is 29.6 Å². The van der Waals surface area contributed by atoms with Crippen LogP contribution >= 0.6 is 11.6 Å². The third-order valence-corrected chi connectivity index (χ3v) is 9.72. The summed E-state index contributed by atoms with van der Waals surface area (Å²) in [6.07, 6.45) is 4.74. The zero-order valence-electron chi connectivity index (χ0n) is 26.2. The van der Waals surface area contributed by atoms with Crippen LogP contribution in [-0.2, 0) is 0 Å². The summed E-state index contributed by atoms with van der Waals surface area (Å²) in [5.41, 5.74) is 4.53. The first-order chi connectivity index (χ1) is 22.1. The van der Waals surface area contributed by atoms with E-state index in [0.29, 0.717) is 66.3 Å². The van der Waals surface area contributed by atoms with Crippen LogP contribution in [0.25, 0.3) is 38.6 Å². The van der Waals surface area contributed by atoms with Crippen LogP contribution < -0.4 is 15.9 Å². The lowest BCUT2D eigenvalue weighted by Crippen LogP contribution is -2.57. The number of hydrogen-bond acceptors (Lipinski definition) is 8. The van der Waals surface area contributed by atoms with E-state index >= 15 is 4.39 Å². The molecule has 5 aromatic rings. The van der Waals surface area contributed by atoms with Gasteiger partial charge >= 0.3 is 5.69 Å². The quantitative estimate of drug-likeness (QED) is 0.210. The third-order valence-electron chi connectivity index (χ3n) is 9.35. The molecule has 3 aromatic heterocycles. The first-order valence-electron chi connectivity index (χ1n) is 15.5. The third kappa shape index (κ3) is 4.59. The van der Waals surface area contributed by atoms with Crippen LogP contribution in [-0.4, -0.2) is 73.2 Å². The number of fused-ring (bicyclic) bond motifs is 3. The van der Waals surface area contributed by atoms with Gasteiger partial charge in [0, 0.05) is 54.9 Å². The molecule has 0 saturated carbocycles. The Labute approximate surface area is 270 Å². The Morgan fingerprint density at radius 2 is 1.98 bits per heavy atom. The van der Waals surface area contributed by atoms with Gasteiger partial charge in [0.1, 0.15) is 12.0 Å². The topological polar surface area (TPSA) is 115 Å². The number of nitrogens with zero attached hydrogens (tertiary/aromatic N) is 6. The number of pyridine rings is 1. The van der Waals surface area contributed by atoms with Gasteiger partial charge in [-0.2, -0.15) is 10.1 Å². The Morgan fingerprint density at radius 1 is 1.17 bits per heavy atom. The number of aliphatic hydroxyl groups excluding tert-OH is 1. The van der Waals surface area contributed by atoms with Gasteiger partial charge < -0.3 is 15.3 Å². The summed E-state index contributed by atoms with van der Waals surface area (Å²) in [5, 5.41) is 22.4. The van der Waals surface area contributed by atoms with Crippen molar-refractivity contribution in [3.05, 3.63) is 81.4 Å². The van der Waals surface area contributed by atoms with Gasteiger partial charge in [0.05, 0.1) is 44.7 Å². The van der Waals surface area contributed by atoms with Gasteiger partial charge in [-0.15, -0.1) is 0 Å². The van der Waals surface area contributed by atoms with Crippen molar-refractivity contribution in [3.63, 3.8) is 0 Å². The summed E-state index contributed by atoms with van der Waals surface area (Å²) in [7, 11) is 0. The Morgan fingerprint density at radius 3 is 2.74 bits per heavy atom. The van der Waals surface area contributed by atoms with E-state index in [9.17, 15) is 9.90 Å². The van der Waals surface area contributed by atoms with Crippen molar-refractivity contribution < 1.29 is 9.50 Å². The molecule has 0 amide bonds. The fourth-order valence-electron chi connectivity index (χ4n) is 7.10. The summed E-state index contributed by atoms with van der Waals surface area (Å²) in [6, 6.07) is 5.55. The number of anilines is 2. The van der Waals surface area contributed by atoms with Crippen molar-refractivity contribution in [3.8, 4) is 16.8 Å². The Kier molecular flexibility index (Phi) is 7.57. The second kappa shape index (κ2) is 11.5. The first kappa shape index (κ1) is 30.3. The number of aromatic amines is 1. The minimum Gasteiger partial charge on any atom is -0.382 e. The second-order valence-electron chi connectivity index (χ2n) is 12.5. The average Bonchev–Trinajstić information content (AvgIpc) is 3.51. The predicted molar refractivity (Wildman–Crippen MR) is 181 cm³/mol. The minimum atomic E-state index is -0.792. The standard InChI is InChI=1S/C34H36ClFN8O2/c1-6-23(45)42-13-14-43-20(16-42)10-12-38-30-26-32(27(35)25(28(30)36)24-18(4)7-8-22-21(24)15-39-41-22)44(34(46)40-33(26)43)31-19(5)9-11-37-29(31)17(2)3/h6-9,11,15,17,20,23,38,45H,1,10,12-14,16H2,2-5H3,(H,39,41). The number of hydrogen-bond donors (Lipinski definition) is 3. The monoisotopic (exact) mass is 642 g/mol.